The van der Waals surface area contributed by atoms with Crippen LogP contribution in [-0.4, -0.2) is 35.1 Å². The van der Waals surface area contributed by atoms with Gasteiger partial charge in [0.25, 0.3) is 0 Å². The van der Waals surface area contributed by atoms with Gasteiger partial charge >= 0.3 is 5.97 Å². The number of carbonyl (C=O) groups excluding carboxylic acids is 1. The molecule has 0 saturated carbocycles. The first-order chi connectivity index (χ1) is 8.11. The van der Waals surface area contributed by atoms with Crippen molar-refractivity contribution < 1.29 is 14.7 Å². The van der Waals surface area contributed by atoms with E-state index in [9.17, 15) is 9.59 Å². The Balaban J connectivity index is 4.07. The molecule has 18 heavy (non-hydrogen) atoms. The summed E-state index contributed by atoms with van der Waals surface area (Å²) in [6, 6.07) is -0.785. The molecule has 0 rings (SSSR count). The Morgan fingerprint density at radius 2 is 1.78 bits per heavy atom. The molecule has 1 amide bonds. The summed E-state index contributed by atoms with van der Waals surface area (Å²) < 4.78 is 0. The maximum Gasteiger partial charge on any atom is 0.326 e. The van der Waals surface area contributed by atoms with Crippen molar-refractivity contribution in [3.63, 3.8) is 0 Å². The first-order valence-electron chi connectivity index (χ1n) is 6.39. The van der Waals surface area contributed by atoms with Crippen LogP contribution in [0.3, 0.4) is 0 Å². The third-order valence-electron chi connectivity index (χ3n) is 2.35. The maximum atomic E-state index is 11.6. The third-order valence-corrected chi connectivity index (χ3v) is 2.35. The average molecular weight is 258 g/mol. The van der Waals surface area contributed by atoms with Crippen molar-refractivity contribution in [2.24, 2.45) is 5.92 Å². The molecule has 0 aromatic rings. The fraction of sp³-hybridized carbons (Fsp3) is 0.846. The third kappa shape index (κ3) is 8.98. The Bertz CT molecular complexity index is 282. The van der Waals surface area contributed by atoms with Gasteiger partial charge in [0, 0.05) is 18.5 Å². The number of carboxylic acid groups (broad SMARTS) is 1. The van der Waals surface area contributed by atoms with E-state index in [1.54, 1.807) is 0 Å². The molecular formula is C13H26N2O3. The summed E-state index contributed by atoms with van der Waals surface area (Å²) in [5.41, 5.74) is -0.0373. The van der Waals surface area contributed by atoms with Crippen molar-refractivity contribution in [1.29, 1.82) is 0 Å². The monoisotopic (exact) mass is 258 g/mol. The minimum absolute atomic E-state index is 0.0373. The van der Waals surface area contributed by atoms with Gasteiger partial charge in [-0.3, -0.25) is 4.79 Å². The summed E-state index contributed by atoms with van der Waals surface area (Å²) in [4.78, 5) is 22.6. The van der Waals surface area contributed by atoms with Crippen LogP contribution in [0.4, 0.5) is 0 Å². The van der Waals surface area contributed by atoms with Gasteiger partial charge in [0.2, 0.25) is 5.91 Å². The summed E-state index contributed by atoms with van der Waals surface area (Å²) in [6.45, 7) is 10.5. The zero-order chi connectivity index (χ0) is 14.3. The molecule has 0 saturated heterocycles. The molecule has 0 heterocycles. The first kappa shape index (κ1) is 16.9. The lowest BCUT2D eigenvalue weighted by Crippen LogP contribution is -2.44. The lowest BCUT2D eigenvalue weighted by Gasteiger charge is -2.21. The number of hydrogen-bond donors (Lipinski definition) is 3. The molecule has 0 radical (unpaired) electrons. The minimum Gasteiger partial charge on any atom is -0.480 e. The van der Waals surface area contributed by atoms with E-state index in [0.29, 0.717) is 19.4 Å². The summed E-state index contributed by atoms with van der Waals surface area (Å²) in [6.07, 6.45) is 0.743. The second-order valence-corrected chi connectivity index (χ2v) is 6.01. The molecule has 3 N–H and O–H groups in total. The largest absolute Gasteiger partial charge is 0.480 e. The smallest absolute Gasteiger partial charge is 0.326 e. The van der Waals surface area contributed by atoms with Crippen molar-refractivity contribution in [3.8, 4) is 0 Å². The van der Waals surface area contributed by atoms with E-state index in [-0.39, 0.29) is 17.4 Å². The van der Waals surface area contributed by atoms with Crippen molar-refractivity contribution in [2.75, 3.05) is 6.54 Å². The summed E-state index contributed by atoms with van der Waals surface area (Å²) in [7, 11) is 0. The van der Waals surface area contributed by atoms with Gasteiger partial charge in [-0.15, -0.1) is 0 Å². The van der Waals surface area contributed by atoms with Gasteiger partial charge in [-0.1, -0.05) is 13.8 Å². The van der Waals surface area contributed by atoms with Crippen LogP contribution in [0.15, 0.2) is 0 Å². The highest BCUT2D eigenvalue weighted by Crippen LogP contribution is 2.05. The van der Waals surface area contributed by atoms with Crippen LogP contribution in [0.1, 0.15) is 47.5 Å². The molecule has 0 unspecified atom stereocenters. The Hall–Kier alpha value is -1.10. The second-order valence-electron chi connectivity index (χ2n) is 6.01. The minimum atomic E-state index is -0.971. The van der Waals surface area contributed by atoms with Gasteiger partial charge in [-0.25, -0.2) is 4.79 Å². The van der Waals surface area contributed by atoms with Crippen LogP contribution in [0, 0.1) is 5.92 Å². The molecular weight excluding hydrogens is 232 g/mol. The lowest BCUT2D eigenvalue weighted by molar-refractivity contribution is -0.142. The molecule has 5 heteroatoms. The van der Waals surface area contributed by atoms with E-state index in [2.05, 4.69) is 10.6 Å². The zero-order valence-electron chi connectivity index (χ0n) is 12.0. The highest BCUT2D eigenvalue weighted by molar-refractivity contribution is 5.83. The highest BCUT2D eigenvalue weighted by Gasteiger charge is 2.20. The molecule has 0 aromatic carbocycles. The van der Waals surface area contributed by atoms with Gasteiger partial charge in [-0.05, 0) is 33.1 Å². The fourth-order valence-electron chi connectivity index (χ4n) is 1.51. The lowest BCUT2D eigenvalue weighted by atomic mass is 10.0. The number of carboxylic acids is 1. The van der Waals surface area contributed by atoms with E-state index in [0.717, 1.165) is 0 Å². The number of rotatable bonds is 7. The summed E-state index contributed by atoms with van der Waals surface area (Å²) >= 11 is 0. The van der Waals surface area contributed by atoms with Crippen LogP contribution < -0.4 is 10.6 Å². The second kappa shape index (κ2) is 7.36. The van der Waals surface area contributed by atoms with Crippen molar-refractivity contribution in [1.82, 2.24) is 10.6 Å². The molecule has 0 fully saturated rings. The number of hydrogen-bond acceptors (Lipinski definition) is 3. The normalized spacial score (nSPS) is 13.4. The van der Waals surface area contributed by atoms with Crippen LogP contribution in [-0.2, 0) is 9.59 Å². The van der Waals surface area contributed by atoms with Crippen molar-refractivity contribution in [2.45, 2.75) is 59.0 Å². The van der Waals surface area contributed by atoms with Crippen LogP contribution >= 0.6 is 0 Å². The Morgan fingerprint density at radius 1 is 1.22 bits per heavy atom. The molecule has 0 aliphatic rings. The fourth-order valence-corrected chi connectivity index (χ4v) is 1.51. The Kier molecular flexibility index (Phi) is 6.91. The van der Waals surface area contributed by atoms with E-state index >= 15 is 0 Å². The van der Waals surface area contributed by atoms with Crippen LogP contribution in [0.25, 0.3) is 0 Å². The van der Waals surface area contributed by atoms with Crippen molar-refractivity contribution >= 4 is 11.9 Å². The molecule has 0 aliphatic carbocycles. The van der Waals surface area contributed by atoms with Crippen molar-refractivity contribution in [3.05, 3.63) is 0 Å². The summed E-state index contributed by atoms with van der Waals surface area (Å²) in [5, 5.41) is 14.7. The van der Waals surface area contributed by atoms with E-state index in [1.165, 1.54) is 0 Å². The zero-order valence-corrected chi connectivity index (χ0v) is 12.0. The van der Waals surface area contributed by atoms with E-state index in [4.69, 9.17) is 5.11 Å². The molecule has 106 valence electrons. The number of aliphatic carboxylic acids is 1. The maximum absolute atomic E-state index is 11.6. The average Bonchev–Trinajstić information content (AvgIpc) is 2.13. The van der Waals surface area contributed by atoms with Crippen LogP contribution in [0.2, 0.25) is 0 Å². The SMILES string of the molecule is CC(C)C[C@H](NC(=O)CCNC(C)(C)C)C(=O)O. The van der Waals surface area contributed by atoms with Gasteiger partial charge < -0.3 is 15.7 Å². The van der Waals surface area contributed by atoms with Gasteiger partial charge in [0.15, 0.2) is 0 Å². The van der Waals surface area contributed by atoms with Gasteiger partial charge in [0.1, 0.15) is 6.04 Å². The molecule has 0 aromatic heterocycles. The van der Waals surface area contributed by atoms with Gasteiger partial charge in [0.05, 0.1) is 0 Å². The summed E-state index contributed by atoms with van der Waals surface area (Å²) in [5.74, 6) is -0.959. The van der Waals surface area contributed by atoms with E-state index in [1.807, 2.05) is 34.6 Å². The van der Waals surface area contributed by atoms with Gasteiger partial charge in [-0.2, -0.15) is 0 Å². The molecule has 0 bridgehead atoms. The molecule has 0 aliphatic heterocycles. The van der Waals surface area contributed by atoms with Crippen LogP contribution in [0.5, 0.6) is 0 Å². The Morgan fingerprint density at radius 3 is 2.17 bits per heavy atom. The predicted octanol–water partition coefficient (Wildman–Crippen LogP) is 1.38. The molecule has 1 atom stereocenters. The number of carbonyl (C=O) groups is 2. The topological polar surface area (TPSA) is 78.4 Å². The molecule has 0 spiro atoms. The highest BCUT2D eigenvalue weighted by atomic mass is 16.4. The van der Waals surface area contributed by atoms with E-state index < -0.39 is 12.0 Å². The predicted molar refractivity (Wildman–Crippen MR) is 71.4 cm³/mol. The number of nitrogens with one attached hydrogen (secondary N) is 2. The standard InChI is InChI=1S/C13H26N2O3/c1-9(2)8-10(12(17)18)15-11(16)6-7-14-13(3,4)5/h9-10,14H,6-8H2,1-5H3,(H,15,16)(H,17,18)/t10-/m0/s1. The number of amides is 1. The quantitative estimate of drug-likeness (QED) is 0.644. The Labute approximate surface area is 109 Å². The first-order valence-corrected chi connectivity index (χ1v) is 6.39. The molecule has 5 nitrogen and oxygen atoms in total.